The molecule has 1 aromatic rings. The van der Waals surface area contributed by atoms with Crippen molar-refractivity contribution in [2.45, 2.75) is 39.7 Å². The van der Waals surface area contributed by atoms with Crippen molar-refractivity contribution in [3.05, 3.63) is 34.3 Å². The number of halogens is 1. The average Bonchev–Trinajstić information content (AvgIpc) is 2.31. The molecule has 1 amide bonds. The molecule has 1 rings (SSSR count). The summed E-state index contributed by atoms with van der Waals surface area (Å²) in [4.78, 5) is 12.3. The molecule has 3 N–H and O–H groups in total. The highest BCUT2D eigenvalue weighted by molar-refractivity contribution is 6.31. The quantitative estimate of drug-likeness (QED) is 0.872. The zero-order chi connectivity index (χ0) is 14.6. The zero-order valence-corrected chi connectivity index (χ0v) is 12.8. The molecule has 0 aliphatic heterocycles. The SMILES string of the molecule is Cc1ccc(Cl)cc1C(=O)NC(C)(CN)CC(C)C. The van der Waals surface area contributed by atoms with Crippen LogP contribution >= 0.6 is 11.6 Å². The number of hydrogen-bond acceptors (Lipinski definition) is 2. The van der Waals surface area contributed by atoms with Crippen molar-refractivity contribution in [1.29, 1.82) is 0 Å². The summed E-state index contributed by atoms with van der Waals surface area (Å²) in [6.45, 7) is 8.52. The summed E-state index contributed by atoms with van der Waals surface area (Å²) >= 11 is 5.95. The summed E-state index contributed by atoms with van der Waals surface area (Å²) in [6.07, 6.45) is 0.842. The Bertz CT molecular complexity index is 459. The van der Waals surface area contributed by atoms with Gasteiger partial charge in [0.2, 0.25) is 0 Å². The number of aryl methyl sites for hydroxylation is 1. The molecule has 0 saturated heterocycles. The van der Waals surface area contributed by atoms with Crippen molar-refractivity contribution in [2.75, 3.05) is 6.54 Å². The average molecular weight is 283 g/mol. The predicted octanol–water partition coefficient (Wildman–Crippen LogP) is 3.14. The van der Waals surface area contributed by atoms with E-state index in [4.69, 9.17) is 17.3 Å². The van der Waals surface area contributed by atoms with Crippen molar-refractivity contribution in [1.82, 2.24) is 5.32 Å². The van der Waals surface area contributed by atoms with E-state index in [1.165, 1.54) is 0 Å². The minimum Gasteiger partial charge on any atom is -0.346 e. The first-order valence-electron chi connectivity index (χ1n) is 6.56. The molecular formula is C15H23ClN2O. The van der Waals surface area contributed by atoms with Crippen LogP contribution in [-0.2, 0) is 0 Å². The fourth-order valence-electron chi connectivity index (χ4n) is 2.27. The summed E-state index contributed by atoms with van der Waals surface area (Å²) in [5.74, 6) is 0.350. The fraction of sp³-hybridized carbons (Fsp3) is 0.533. The van der Waals surface area contributed by atoms with Gasteiger partial charge in [0, 0.05) is 22.7 Å². The Morgan fingerprint density at radius 2 is 2.11 bits per heavy atom. The summed E-state index contributed by atoms with van der Waals surface area (Å²) in [7, 11) is 0. The van der Waals surface area contributed by atoms with Gasteiger partial charge in [0.1, 0.15) is 0 Å². The molecule has 0 aromatic heterocycles. The lowest BCUT2D eigenvalue weighted by atomic mass is 9.90. The van der Waals surface area contributed by atoms with Crippen LogP contribution in [0, 0.1) is 12.8 Å². The van der Waals surface area contributed by atoms with Gasteiger partial charge in [-0.3, -0.25) is 4.79 Å². The van der Waals surface area contributed by atoms with Gasteiger partial charge in [0.05, 0.1) is 0 Å². The third-order valence-electron chi connectivity index (χ3n) is 3.17. The zero-order valence-electron chi connectivity index (χ0n) is 12.1. The molecule has 1 aromatic carbocycles. The van der Waals surface area contributed by atoms with E-state index in [-0.39, 0.29) is 11.4 Å². The predicted molar refractivity (Wildman–Crippen MR) is 80.6 cm³/mol. The van der Waals surface area contributed by atoms with E-state index in [1.807, 2.05) is 19.9 Å². The third-order valence-corrected chi connectivity index (χ3v) is 3.40. The summed E-state index contributed by atoms with van der Waals surface area (Å²) < 4.78 is 0. The molecule has 1 atom stereocenters. The van der Waals surface area contributed by atoms with Gasteiger partial charge >= 0.3 is 0 Å². The molecule has 19 heavy (non-hydrogen) atoms. The Kier molecular flexibility index (Phi) is 5.39. The van der Waals surface area contributed by atoms with Crippen LogP contribution in [0.3, 0.4) is 0 Å². The first-order chi connectivity index (χ1) is 8.77. The van der Waals surface area contributed by atoms with Gasteiger partial charge in [-0.1, -0.05) is 31.5 Å². The van der Waals surface area contributed by atoms with E-state index in [1.54, 1.807) is 12.1 Å². The second kappa shape index (κ2) is 6.40. The summed E-state index contributed by atoms with van der Waals surface area (Å²) in [6, 6.07) is 5.32. The minimum absolute atomic E-state index is 0.117. The normalized spacial score (nSPS) is 14.3. The molecule has 3 nitrogen and oxygen atoms in total. The molecular weight excluding hydrogens is 260 g/mol. The Hall–Kier alpha value is -1.06. The highest BCUT2D eigenvalue weighted by atomic mass is 35.5. The fourth-order valence-corrected chi connectivity index (χ4v) is 2.44. The van der Waals surface area contributed by atoms with Gasteiger partial charge in [-0.05, 0) is 43.9 Å². The smallest absolute Gasteiger partial charge is 0.252 e. The van der Waals surface area contributed by atoms with Crippen LogP contribution in [0.2, 0.25) is 5.02 Å². The minimum atomic E-state index is -0.389. The highest BCUT2D eigenvalue weighted by Gasteiger charge is 2.26. The molecule has 0 bridgehead atoms. The van der Waals surface area contributed by atoms with E-state index >= 15 is 0 Å². The van der Waals surface area contributed by atoms with Crippen LogP contribution in [0.1, 0.15) is 43.1 Å². The Morgan fingerprint density at radius 1 is 1.47 bits per heavy atom. The largest absolute Gasteiger partial charge is 0.346 e. The lowest BCUT2D eigenvalue weighted by Gasteiger charge is -2.31. The lowest BCUT2D eigenvalue weighted by molar-refractivity contribution is 0.0897. The Balaban J connectivity index is 2.91. The number of carbonyl (C=O) groups excluding carboxylic acids is 1. The number of amides is 1. The molecule has 0 heterocycles. The maximum Gasteiger partial charge on any atom is 0.252 e. The number of benzene rings is 1. The van der Waals surface area contributed by atoms with Crippen LogP contribution < -0.4 is 11.1 Å². The standard InChI is InChI=1S/C15H23ClN2O/c1-10(2)8-15(4,9-17)18-14(19)13-7-12(16)6-5-11(13)3/h5-7,10H,8-9,17H2,1-4H3,(H,18,19). The second-order valence-electron chi connectivity index (χ2n) is 5.78. The topological polar surface area (TPSA) is 55.1 Å². The number of carbonyl (C=O) groups is 1. The van der Waals surface area contributed by atoms with Gasteiger partial charge < -0.3 is 11.1 Å². The maximum absolute atomic E-state index is 12.3. The number of hydrogen-bond donors (Lipinski definition) is 2. The van der Waals surface area contributed by atoms with Crippen LogP contribution in [0.15, 0.2) is 18.2 Å². The Labute approximate surface area is 120 Å². The Morgan fingerprint density at radius 3 is 2.63 bits per heavy atom. The van der Waals surface area contributed by atoms with Crippen molar-refractivity contribution >= 4 is 17.5 Å². The monoisotopic (exact) mass is 282 g/mol. The first kappa shape index (κ1) is 16.0. The van der Waals surface area contributed by atoms with E-state index in [0.29, 0.717) is 23.0 Å². The van der Waals surface area contributed by atoms with E-state index in [2.05, 4.69) is 19.2 Å². The molecule has 1 unspecified atom stereocenters. The number of nitrogens with one attached hydrogen (secondary N) is 1. The van der Waals surface area contributed by atoms with Gasteiger partial charge in [-0.2, -0.15) is 0 Å². The number of rotatable bonds is 5. The molecule has 0 radical (unpaired) electrons. The van der Waals surface area contributed by atoms with E-state index in [9.17, 15) is 4.79 Å². The van der Waals surface area contributed by atoms with E-state index < -0.39 is 0 Å². The van der Waals surface area contributed by atoms with Crippen LogP contribution in [-0.4, -0.2) is 18.0 Å². The first-order valence-corrected chi connectivity index (χ1v) is 6.94. The van der Waals surface area contributed by atoms with Crippen molar-refractivity contribution < 1.29 is 4.79 Å². The highest BCUT2D eigenvalue weighted by Crippen LogP contribution is 2.19. The molecule has 0 fully saturated rings. The summed E-state index contributed by atoms with van der Waals surface area (Å²) in [5, 5.41) is 3.60. The lowest BCUT2D eigenvalue weighted by Crippen LogP contribution is -2.52. The van der Waals surface area contributed by atoms with Crippen molar-refractivity contribution in [3.63, 3.8) is 0 Å². The van der Waals surface area contributed by atoms with Gasteiger partial charge in [0.25, 0.3) is 5.91 Å². The van der Waals surface area contributed by atoms with Gasteiger partial charge in [-0.15, -0.1) is 0 Å². The van der Waals surface area contributed by atoms with Crippen LogP contribution in [0.25, 0.3) is 0 Å². The molecule has 106 valence electrons. The third kappa shape index (κ3) is 4.51. The molecule has 4 heteroatoms. The molecule has 0 spiro atoms. The molecule has 0 aliphatic carbocycles. The van der Waals surface area contributed by atoms with Crippen LogP contribution in [0.5, 0.6) is 0 Å². The molecule has 0 saturated carbocycles. The van der Waals surface area contributed by atoms with Crippen LogP contribution in [0.4, 0.5) is 0 Å². The van der Waals surface area contributed by atoms with Crippen molar-refractivity contribution in [2.24, 2.45) is 11.7 Å². The van der Waals surface area contributed by atoms with Gasteiger partial charge in [-0.25, -0.2) is 0 Å². The molecule has 0 aliphatic rings. The van der Waals surface area contributed by atoms with Crippen molar-refractivity contribution in [3.8, 4) is 0 Å². The number of nitrogens with two attached hydrogens (primary N) is 1. The maximum atomic E-state index is 12.3. The van der Waals surface area contributed by atoms with E-state index in [0.717, 1.165) is 12.0 Å². The van der Waals surface area contributed by atoms with Gasteiger partial charge in [0.15, 0.2) is 0 Å². The second-order valence-corrected chi connectivity index (χ2v) is 6.21. The summed E-state index contributed by atoms with van der Waals surface area (Å²) in [5.41, 5.74) is 6.94.